The lowest BCUT2D eigenvalue weighted by Crippen LogP contribution is -2.14. The van der Waals surface area contributed by atoms with Crippen molar-refractivity contribution in [3.8, 4) is 5.75 Å². The molecule has 0 fully saturated rings. The predicted molar refractivity (Wildman–Crippen MR) is 86.9 cm³/mol. The van der Waals surface area contributed by atoms with Gasteiger partial charge in [0, 0.05) is 16.6 Å². The number of ether oxygens (including phenoxy) is 1. The van der Waals surface area contributed by atoms with E-state index in [1.807, 2.05) is 24.3 Å². The van der Waals surface area contributed by atoms with E-state index in [1.54, 1.807) is 12.1 Å². The van der Waals surface area contributed by atoms with E-state index < -0.39 is 0 Å². The first kappa shape index (κ1) is 16.0. The molecule has 1 N–H and O–H groups in total. The van der Waals surface area contributed by atoms with Crippen LogP contribution in [0.1, 0.15) is 24.5 Å². The smallest absolute Gasteiger partial charge is 0.129 e. The molecule has 112 valence electrons. The van der Waals surface area contributed by atoms with Gasteiger partial charge in [0.1, 0.15) is 18.2 Å². The highest BCUT2D eigenvalue weighted by molar-refractivity contribution is 9.10. The molecule has 0 unspecified atom stereocenters. The van der Waals surface area contributed by atoms with Gasteiger partial charge in [-0.2, -0.15) is 0 Å². The summed E-state index contributed by atoms with van der Waals surface area (Å²) in [4.78, 5) is 0. The van der Waals surface area contributed by atoms with Crippen LogP contribution in [0.5, 0.6) is 5.75 Å². The molecule has 0 radical (unpaired) electrons. The highest BCUT2D eigenvalue weighted by atomic mass is 79.9. The fraction of sp³-hybridized carbons (Fsp3) is 0.294. The maximum Gasteiger partial charge on any atom is 0.129 e. The first-order valence-corrected chi connectivity index (χ1v) is 7.85. The average Bonchev–Trinajstić information content (AvgIpc) is 2.49. The maximum atomic E-state index is 13.5. The Morgan fingerprint density at radius 2 is 1.95 bits per heavy atom. The van der Waals surface area contributed by atoms with Crippen molar-refractivity contribution in [1.82, 2.24) is 5.32 Å². The van der Waals surface area contributed by atoms with E-state index in [0.29, 0.717) is 5.56 Å². The molecule has 2 nitrogen and oxygen atoms in total. The molecule has 2 aromatic rings. The van der Waals surface area contributed by atoms with Crippen molar-refractivity contribution in [2.75, 3.05) is 6.54 Å². The van der Waals surface area contributed by atoms with Crippen LogP contribution in [-0.4, -0.2) is 6.54 Å². The van der Waals surface area contributed by atoms with Crippen LogP contribution in [0.3, 0.4) is 0 Å². The number of rotatable bonds is 7. The zero-order chi connectivity index (χ0) is 15.1. The molecule has 2 aromatic carbocycles. The molecule has 0 amide bonds. The van der Waals surface area contributed by atoms with E-state index in [-0.39, 0.29) is 12.4 Å². The van der Waals surface area contributed by atoms with Crippen molar-refractivity contribution in [2.24, 2.45) is 0 Å². The van der Waals surface area contributed by atoms with Crippen LogP contribution in [0.15, 0.2) is 46.9 Å². The Morgan fingerprint density at radius 3 is 2.71 bits per heavy atom. The zero-order valence-electron chi connectivity index (χ0n) is 12.0. The van der Waals surface area contributed by atoms with Crippen LogP contribution in [0.25, 0.3) is 0 Å². The third-order valence-electron chi connectivity index (χ3n) is 3.11. The summed E-state index contributed by atoms with van der Waals surface area (Å²) in [5, 5.41) is 3.36. The number of halogens is 2. The van der Waals surface area contributed by atoms with Gasteiger partial charge in [-0.05, 0) is 42.8 Å². The number of hydrogen-bond acceptors (Lipinski definition) is 2. The van der Waals surface area contributed by atoms with E-state index in [0.717, 1.165) is 35.3 Å². The van der Waals surface area contributed by atoms with Gasteiger partial charge in [-0.25, -0.2) is 4.39 Å². The van der Waals surface area contributed by atoms with Gasteiger partial charge in [-0.3, -0.25) is 0 Å². The Hall–Kier alpha value is -1.39. The first-order valence-electron chi connectivity index (χ1n) is 7.06. The highest BCUT2D eigenvalue weighted by Crippen LogP contribution is 2.23. The van der Waals surface area contributed by atoms with Gasteiger partial charge in [-0.1, -0.05) is 41.1 Å². The third-order valence-corrected chi connectivity index (χ3v) is 3.89. The second-order valence-electron chi connectivity index (χ2n) is 4.81. The quantitative estimate of drug-likeness (QED) is 0.732. The lowest BCUT2D eigenvalue weighted by molar-refractivity contribution is 0.299. The van der Waals surface area contributed by atoms with Crippen molar-refractivity contribution >= 4 is 15.9 Å². The molecule has 0 atom stereocenters. The average molecular weight is 352 g/mol. The first-order chi connectivity index (χ1) is 10.2. The van der Waals surface area contributed by atoms with E-state index in [2.05, 4.69) is 28.2 Å². The molecule has 21 heavy (non-hydrogen) atoms. The SMILES string of the molecule is CCCNCc1cc(OCc2ccccc2F)ccc1Br. The lowest BCUT2D eigenvalue weighted by Gasteiger charge is -2.11. The summed E-state index contributed by atoms with van der Waals surface area (Å²) in [5.41, 5.74) is 1.69. The molecular formula is C17H19BrFNO. The third kappa shape index (κ3) is 4.83. The van der Waals surface area contributed by atoms with Crippen LogP contribution in [0.2, 0.25) is 0 Å². The number of nitrogens with one attached hydrogen (secondary N) is 1. The molecule has 0 bridgehead atoms. The van der Waals surface area contributed by atoms with E-state index in [1.165, 1.54) is 6.07 Å². The molecule has 0 heterocycles. The molecule has 0 saturated carbocycles. The van der Waals surface area contributed by atoms with E-state index in [9.17, 15) is 4.39 Å². The summed E-state index contributed by atoms with van der Waals surface area (Å²) in [6, 6.07) is 12.5. The Kier molecular flexibility index (Phi) is 6.21. The van der Waals surface area contributed by atoms with Crippen LogP contribution in [-0.2, 0) is 13.2 Å². The van der Waals surface area contributed by atoms with Gasteiger partial charge < -0.3 is 10.1 Å². The van der Waals surface area contributed by atoms with Gasteiger partial charge in [0.2, 0.25) is 0 Å². The summed E-state index contributed by atoms with van der Waals surface area (Å²) >= 11 is 3.53. The van der Waals surface area contributed by atoms with Crippen LogP contribution >= 0.6 is 15.9 Å². The largest absolute Gasteiger partial charge is 0.489 e. The van der Waals surface area contributed by atoms with Crippen molar-refractivity contribution in [3.63, 3.8) is 0 Å². The minimum Gasteiger partial charge on any atom is -0.489 e. The van der Waals surface area contributed by atoms with E-state index >= 15 is 0 Å². The second kappa shape index (κ2) is 8.15. The molecular weight excluding hydrogens is 333 g/mol. The predicted octanol–water partition coefficient (Wildman–Crippen LogP) is 4.67. The van der Waals surface area contributed by atoms with Gasteiger partial charge in [0.15, 0.2) is 0 Å². The fourth-order valence-corrected chi connectivity index (χ4v) is 2.34. The van der Waals surface area contributed by atoms with Crippen LogP contribution < -0.4 is 10.1 Å². The van der Waals surface area contributed by atoms with Crippen molar-refractivity contribution in [3.05, 3.63) is 63.9 Å². The van der Waals surface area contributed by atoms with E-state index in [4.69, 9.17) is 4.74 Å². The summed E-state index contributed by atoms with van der Waals surface area (Å²) < 4.78 is 20.3. The molecule has 0 aliphatic heterocycles. The molecule has 0 saturated heterocycles. The highest BCUT2D eigenvalue weighted by Gasteiger charge is 2.05. The molecule has 0 spiro atoms. The summed E-state index contributed by atoms with van der Waals surface area (Å²) in [6.07, 6.45) is 1.10. The van der Waals surface area contributed by atoms with Crippen molar-refractivity contribution < 1.29 is 9.13 Å². The van der Waals surface area contributed by atoms with Crippen LogP contribution in [0, 0.1) is 5.82 Å². The normalized spacial score (nSPS) is 10.6. The second-order valence-corrected chi connectivity index (χ2v) is 5.66. The van der Waals surface area contributed by atoms with Gasteiger partial charge in [0.25, 0.3) is 0 Å². The summed E-state index contributed by atoms with van der Waals surface area (Å²) in [7, 11) is 0. The Bertz CT molecular complexity index is 589. The standard InChI is InChI=1S/C17H19BrFNO/c1-2-9-20-11-14-10-15(7-8-16(14)18)21-12-13-5-3-4-6-17(13)19/h3-8,10,20H,2,9,11-12H2,1H3. The van der Waals surface area contributed by atoms with Crippen LogP contribution in [0.4, 0.5) is 4.39 Å². The minimum atomic E-state index is -0.237. The topological polar surface area (TPSA) is 21.3 Å². The Morgan fingerprint density at radius 1 is 1.14 bits per heavy atom. The number of hydrogen-bond donors (Lipinski definition) is 1. The fourth-order valence-electron chi connectivity index (χ4n) is 1.95. The zero-order valence-corrected chi connectivity index (χ0v) is 13.6. The molecule has 0 aliphatic rings. The number of benzene rings is 2. The minimum absolute atomic E-state index is 0.232. The molecule has 0 aliphatic carbocycles. The van der Waals surface area contributed by atoms with Crippen molar-refractivity contribution in [1.29, 1.82) is 0 Å². The van der Waals surface area contributed by atoms with Crippen molar-refractivity contribution in [2.45, 2.75) is 26.5 Å². The molecule has 4 heteroatoms. The summed E-state index contributed by atoms with van der Waals surface area (Å²) in [6.45, 7) is 4.13. The molecule has 2 rings (SSSR count). The van der Waals surface area contributed by atoms with Gasteiger partial charge in [-0.15, -0.1) is 0 Å². The summed E-state index contributed by atoms with van der Waals surface area (Å²) in [5.74, 6) is 0.509. The Balaban J connectivity index is 2.00. The van der Waals surface area contributed by atoms with Gasteiger partial charge >= 0.3 is 0 Å². The Labute approximate surface area is 133 Å². The molecule has 0 aromatic heterocycles. The monoisotopic (exact) mass is 351 g/mol. The maximum absolute atomic E-state index is 13.5. The lowest BCUT2D eigenvalue weighted by atomic mass is 10.2. The van der Waals surface area contributed by atoms with Gasteiger partial charge in [0.05, 0.1) is 0 Å².